The van der Waals surface area contributed by atoms with E-state index >= 15 is 0 Å². The first-order valence-electron chi connectivity index (χ1n) is 31.8. The molecule has 0 bridgehead atoms. The van der Waals surface area contributed by atoms with Crippen molar-refractivity contribution in [2.24, 2.45) is 0 Å². The summed E-state index contributed by atoms with van der Waals surface area (Å²) in [5.41, 5.74) is 6.30. The zero-order valence-electron chi connectivity index (χ0n) is 60.0. The van der Waals surface area contributed by atoms with Gasteiger partial charge >= 0.3 is 0 Å². The van der Waals surface area contributed by atoms with Gasteiger partial charge in [-0.25, -0.2) is 0 Å². The number of aliphatic hydroxyl groups is 2. The number of hydrogen-bond donors (Lipinski definition) is 8. The fraction of sp³-hybridized carbons (Fsp3) is 0.273. The van der Waals surface area contributed by atoms with E-state index in [0.29, 0.717) is 34.5 Å². The third-order valence-corrected chi connectivity index (χ3v) is 12.8. The lowest BCUT2D eigenvalue weighted by molar-refractivity contribution is 0.399. The van der Waals surface area contributed by atoms with E-state index in [0.717, 1.165) is 33.4 Å². The Bertz CT molecular complexity index is 2820. The van der Waals surface area contributed by atoms with Crippen LogP contribution in [0.4, 0.5) is 0 Å². The van der Waals surface area contributed by atoms with E-state index < -0.39 is 0 Å². The van der Waals surface area contributed by atoms with Gasteiger partial charge in [-0.05, 0) is 128 Å². The van der Waals surface area contributed by atoms with Crippen molar-refractivity contribution in [3.05, 3.63) is 276 Å². The first-order chi connectivity index (χ1) is 44.2. The van der Waals surface area contributed by atoms with Crippen molar-refractivity contribution in [2.75, 3.05) is 14.2 Å². The number of fused-ring (bicyclic) bond motifs is 2. The van der Waals surface area contributed by atoms with Crippen LogP contribution >= 0.6 is 0 Å². The Kier molecular flexibility index (Phi) is 30.5. The molecule has 8 N–H and O–H groups in total. The number of rotatable bonds is 12. The quantitative estimate of drug-likeness (QED) is 0.0600. The lowest BCUT2D eigenvalue weighted by Gasteiger charge is -2.26. The lowest BCUT2D eigenvalue weighted by Crippen LogP contribution is -2.18. The van der Waals surface area contributed by atoms with E-state index in [9.17, 15) is 0 Å². The lowest BCUT2D eigenvalue weighted by atomic mass is 9.78. The van der Waals surface area contributed by atoms with Crippen LogP contribution in [0.5, 0.6) is 34.5 Å². The van der Waals surface area contributed by atoms with Gasteiger partial charge in [0.25, 0.3) is 8.59 Å². The van der Waals surface area contributed by atoms with E-state index in [1.807, 2.05) is 72.8 Å². The minimum Gasteiger partial charge on any atom is -0.508 e. The number of aromatic hydroxyl groups is 6. The van der Waals surface area contributed by atoms with Gasteiger partial charge in [0.15, 0.2) is 0 Å². The fourth-order valence-electron chi connectivity index (χ4n) is 8.00. The van der Waals surface area contributed by atoms with Crippen molar-refractivity contribution in [1.29, 1.82) is 11.4 Å². The van der Waals surface area contributed by atoms with Gasteiger partial charge in [-0.3, -0.25) is 0 Å². The van der Waals surface area contributed by atoms with Crippen LogP contribution in [0.15, 0.2) is 243 Å². The Morgan fingerprint density at radius 3 is 0.447 bits per heavy atom. The van der Waals surface area contributed by atoms with Gasteiger partial charge in [0.1, 0.15) is 34.5 Å². The van der Waals surface area contributed by atoms with E-state index in [2.05, 4.69) is 221 Å². The molecule has 456 valence electrons. The number of phenols is 6. The van der Waals surface area contributed by atoms with Gasteiger partial charge in [-0.1, -0.05) is 280 Å². The van der Waals surface area contributed by atoms with Crippen LogP contribution < -0.4 is 0 Å². The molecule has 0 spiro atoms. The fourth-order valence-corrected chi connectivity index (χ4v) is 8.00. The summed E-state index contributed by atoms with van der Waals surface area (Å²) in [4.78, 5) is 0. The first-order valence-corrected chi connectivity index (χ1v) is 28.5. The molecule has 0 heterocycles. The summed E-state index contributed by atoms with van der Waals surface area (Å²) in [6.45, 7) is 25.5. The Morgan fingerprint density at radius 2 is 0.353 bits per heavy atom. The minimum atomic E-state index is -0.166. The summed E-state index contributed by atoms with van der Waals surface area (Å²) in [7, 11) is 2.58. The average Bonchev–Trinajstić information content (AvgIpc) is 0.915. The van der Waals surface area contributed by atoms with Gasteiger partial charge in [-0.15, -0.1) is 0 Å². The average molecular weight is 1160 g/mol. The second kappa shape index (κ2) is 41.4. The van der Waals surface area contributed by atoms with E-state index in [1.165, 1.54) is 55.0 Å². The van der Waals surface area contributed by atoms with Crippen LogP contribution in [-0.4, -0.2) is 66.5 Å². The molecule has 0 aromatic heterocycles. The Balaban J connectivity index is 0.00000109. The summed E-state index contributed by atoms with van der Waals surface area (Å²) in [6, 6.07) is 78.3. The second-order valence-electron chi connectivity index (χ2n) is 20.8. The maximum absolute atomic E-state index is 6.85. The van der Waals surface area contributed by atoms with Crippen LogP contribution in [0.1, 0.15) is 143 Å². The molecule has 0 amide bonds. The SMILES string of the molecule is C.CCC.CCC.CCC.[2H]OC.[2H]OC.[2H]Oc1ccc(C(C)(C)c2ccc(O[2H])cc2)cc1.[2H]Oc1ccc(C(C)(C)c2ccc(O[2H])cc2)cc1.[2H]Oc1ccc(C(C)(C)c2ccc(O[2H])cc2)cc1.c1ccc2ccccc2c1.c1ccc2ccccc2c1. The van der Waals surface area contributed by atoms with Crippen LogP contribution in [0.25, 0.3) is 21.5 Å². The molecular weight excluding hydrogens is 1050 g/mol. The molecule has 0 saturated heterocycles. The number of benzene rings is 10. The molecular formula is C77H100O8. The molecule has 10 rings (SSSR count). The monoisotopic (exact) mass is 1160 g/mol. The molecule has 0 atom stereocenters. The first kappa shape index (κ1) is 62.5. The third-order valence-electron chi connectivity index (χ3n) is 12.8. The molecule has 0 fully saturated rings. The molecule has 0 aliphatic carbocycles. The second-order valence-corrected chi connectivity index (χ2v) is 20.8. The summed E-state index contributed by atoms with van der Waals surface area (Å²) < 4.78 is 52.5. The van der Waals surface area contributed by atoms with Crippen LogP contribution in [0.3, 0.4) is 0 Å². The number of hydrogen-bond acceptors (Lipinski definition) is 8. The van der Waals surface area contributed by atoms with E-state index in [-0.39, 0.29) is 23.7 Å². The molecule has 10 aromatic rings. The standard InChI is InChI=1S/3C15H16O2.2C10H8.3C3H8.2CH4O.CH4/c3*1-15(2,11-3-7-13(16)8-4-11)12-5-9-14(17)10-6-12;2*1-2-6-10-8-4-3-7-9(10)5-1;3*1-3-2;2*1-2;/h3*3-10,16-17H,1-2H3;2*1-8H;3*3H2,1-2H3;2*2H,1H3;1H4/i;;;;;;;;2*2D;/hD6. The summed E-state index contributed by atoms with van der Waals surface area (Å²) in [5.74, 6) is 3.15. The summed E-state index contributed by atoms with van der Waals surface area (Å²) in [6.07, 6.45) is 3.75. The van der Waals surface area contributed by atoms with Gasteiger partial charge in [-0.2, -0.15) is 0 Å². The minimum absolute atomic E-state index is 0. The molecule has 8 nitrogen and oxygen atoms in total. The Labute approximate surface area is 522 Å². The molecule has 0 aliphatic heterocycles. The molecule has 0 aliphatic rings. The molecule has 10 aromatic carbocycles. The highest BCUT2D eigenvalue weighted by molar-refractivity contribution is 5.82. The molecule has 8 heteroatoms. The van der Waals surface area contributed by atoms with Crippen molar-refractivity contribution in [3.63, 3.8) is 0 Å². The Morgan fingerprint density at radius 1 is 0.247 bits per heavy atom. The molecule has 85 heavy (non-hydrogen) atoms. The smallest absolute Gasteiger partial charge is 0.293 e. The van der Waals surface area contributed by atoms with Crippen molar-refractivity contribution in [2.45, 2.75) is 126 Å². The predicted molar refractivity (Wildman–Crippen MR) is 364 cm³/mol. The number of phenolic OH excluding ortho intramolecular Hbond substituents is 6. The van der Waals surface area contributed by atoms with Crippen molar-refractivity contribution >= 4 is 21.5 Å². The van der Waals surface area contributed by atoms with E-state index in [1.54, 1.807) is 72.8 Å². The number of aliphatic hydroxyl groups excluding tert-OH is 2. The van der Waals surface area contributed by atoms with Crippen molar-refractivity contribution < 1.29 is 40.9 Å². The van der Waals surface area contributed by atoms with Crippen LogP contribution in [0.2, 0.25) is 0 Å². The molecule has 0 radical (unpaired) electrons. The highest BCUT2D eigenvalue weighted by atomic mass is 16.3. The van der Waals surface area contributed by atoms with Crippen LogP contribution in [0, 0.1) is 0 Å². The molecule has 0 unspecified atom stereocenters. The summed E-state index contributed by atoms with van der Waals surface area (Å²) in [5, 5.41) is 38.8. The highest BCUT2D eigenvalue weighted by Gasteiger charge is 2.25. The van der Waals surface area contributed by atoms with Gasteiger partial charge in [0, 0.05) is 30.5 Å². The van der Waals surface area contributed by atoms with Gasteiger partial charge in [0.2, 0.25) is 2.86 Å². The normalized spacial score (nSPS) is 11.0. The predicted octanol–water partition coefficient (Wildman–Crippen LogP) is 20.1. The van der Waals surface area contributed by atoms with Gasteiger partial charge < -0.3 is 40.9 Å². The Hall–Kier alpha value is -8.56. The third kappa shape index (κ3) is 26.7. The van der Waals surface area contributed by atoms with E-state index in [4.69, 9.17) is 11.4 Å². The zero-order chi connectivity index (χ0) is 68.8. The highest BCUT2D eigenvalue weighted by Crippen LogP contribution is 2.35. The topological polar surface area (TPSA) is 162 Å². The largest absolute Gasteiger partial charge is 0.508 e. The maximum Gasteiger partial charge on any atom is 0.293 e. The van der Waals surface area contributed by atoms with Gasteiger partial charge in [0.05, 0.1) is 0 Å². The molecule has 0 saturated carbocycles. The van der Waals surface area contributed by atoms with Crippen LogP contribution in [-0.2, 0) is 16.2 Å². The van der Waals surface area contributed by atoms with Crippen molar-refractivity contribution in [3.8, 4) is 34.5 Å². The zero-order valence-corrected chi connectivity index (χ0v) is 52.0. The maximum atomic E-state index is 6.85. The summed E-state index contributed by atoms with van der Waals surface area (Å²) >= 11 is 0. The van der Waals surface area contributed by atoms with Crippen molar-refractivity contribution in [1.82, 2.24) is 0 Å².